The Morgan fingerprint density at radius 2 is 2.00 bits per heavy atom. The molecular weight excluding hydrogens is 485 g/mol. The molecule has 1 aliphatic rings. The number of likely N-dealkylation sites (tertiary alicyclic amines) is 1. The molecule has 1 atom stereocenters. The summed E-state index contributed by atoms with van der Waals surface area (Å²) in [5.74, 6) is 0.985. The van der Waals surface area contributed by atoms with Crippen LogP contribution < -0.4 is 16.0 Å². The first kappa shape index (κ1) is 27.7. The van der Waals surface area contributed by atoms with Gasteiger partial charge in [0.1, 0.15) is 5.60 Å². The van der Waals surface area contributed by atoms with Gasteiger partial charge in [-0.25, -0.2) is 4.79 Å². The molecule has 1 aliphatic heterocycles. The molecule has 1 heterocycles. The number of guanidine groups is 1. The second kappa shape index (κ2) is 14.7. The molecule has 0 aromatic carbocycles. The molecule has 0 aromatic rings. The van der Waals surface area contributed by atoms with Gasteiger partial charge in [0.25, 0.3) is 0 Å². The predicted octanol–water partition coefficient (Wildman–Crippen LogP) is 2.87. The standard InChI is InChI=1S/C20H39N5O3.HI/c1-6-10-16(24-19(27)28-20(3,4)5)15-23-18(21-7-2)22-12-9-14-25-13-8-11-17(25)26;/h16H,6-15H2,1-5H3,(H,24,27)(H2,21,22,23);1H. The van der Waals surface area contributed by atoms with E-state index in [1.54, 1.807) is 0 Å². The molecule has 2 amide bonds. The Hall–Kier alpha value is -1.26. The number of nitrogens with zero attached hydrogens (tertiary/aromatic N) is 2. The van der Waals surface area contributed by atoms with Crippen LogP contribution in [0.3, 0.4) is 0 Å². The van der Waals surface area contributed by atoms with Crippen molar-refractivity contribution in [1.29, 1.82) is 0 Å². The van der Waals surface area contributed by atoms with Crippen LogP contribution in [0.5, 0.6) is 0 Å². The molecule has 0 aliphatic carbocycles. The van der Waals surface area contributed by atoms with Gasteiger partial charge in [0.05, 0.1) is 12.6 Å². The van der Waals surface area contributed by atoms with E-state index in [9.17, 15) is 9.59 Å². The number of carbonyl (C=O) groups excluding carboxylic acids is 2. The van der Waals surface area contributed by atoms with E-state index in [4.69, 9.17) is 4.74 Å². The maximum absolute atomic E-state index is 12.0. The number of amides is 2. The lowest BCUT2D eigenvalue weighted by molar-refractivity contribution is -0.127. The number of alkyl carbamates (subject to hydrolysis) is 1. The maximum Gasteiger partial charge on any atom is 0.407 e. The molecule has 0 aromatic heterocycles. The number of carbonyl (C=O) groups is 2. The molecule has 1 saturated heterocycles. The Morgan fingerprint density at radius 3 is 2.55 bits per heavy atom. The molecule has 0 saturated carbocycles. The van der Waals surface area contributed by atoms with E-state index in [0.717, 1.165) is 57.8 Å². The van der Waals surface area contributed by atoms with Gasteiger partial charge in [-0.05, 0) is 47.0 Å². The highest BCUT2D eigenvalue weighted by molar-refractivity contribution is 14.0. The summed E-state index contributed by atoms with van der Waals surface area (Å²) in [5, 5.41) is 9.44. The van der Waals surface area contributed by atoms with Crippen molar-refractivity contribution in [3.8, 4) is 0 Å². The van der Waals surface area contributed by atoms with Crippen LogP contribution in [0.4, 0.5) is 4.79 Å². The summed E-state index contributed by atoms with van der Waals surface area (Å²) >= 11 is 0. The highest BCUT2D eigenvalue weighted by atomic mass is 127. The zero-order valence-electron chi connectivity index (χ0n) is 18.7. The SMILES string of the molecule is CCCC(CN=C(NCC)NCCCN1CCCC1=O)NC(=O)OC(C)(C)C.I. The summed E-state index contributed by atoms with van der Waals surface area (Å²) in [4.78, 5) is 30.2. The molecule has 8 nitrogen and oxygen atoms in total. The molecule has 170 valence electrons. The smallest absolute Gasteiger partial charge is 0.407 e. The van der Waals surface area contributed by atoms with Crippen LogP contribution in [0.2, 0.25) is 0 Å². The van der Waals surface area contributed by atoms with Crippen LogP contribution in [0.25, 0.3) is 0 Å². The summed E-state index contributed by atoms with van der Waals surface area (Å²) in [5.41, 5.74) is -0.517. The van der Waals surface area contributed by atoms with Crippen molar-refractivity contribution in [3.63, 3.8) is 0 Å². The molecule has 29 heavy (non-hydrogen) atoms. The van der Waals surface area contributed by atoms with E-state index >= 15 is 0 Å². The Kier molecular flexibility index (Phi) is 14.0. The zero-order chi connectivity index (χ0) is 21.0. The van der Waals surface area contributed by atoms with Crippen LogP contribution in [0.15, 0.2) is 4.99 Å². The van der Waals surface area contributed by atoms with Crippen LogP contribution >= 0.6 is 24.0 Å². The van der Waals surface area contributed by atoms with E-state index in [0.29, 0.717) is 13.0 Å². The number of ether oxygens (including phenoxy) is 1. The fourth-order valence-electron chi connectivity index (χ4n) is 2.99. The van der Waals surface area contributed by atoms with Gasteiger partial charge in [-0.3, -0.25) is 9.79 Å². The molecule has 0 bridgehead atoms. The molecule has 0 spiro atoms. The van der Waals surface area contributed by atoms with Gasteiger partial charge in [-0.15, -0.1) is 24.0 Å². The van der Waals surface area contributed by atoms with Gasteiger partial charge in [0.2, 0.25) is 5.91 Å². The van der Waals surface area contributed by atoms with Crippen molar-refractivity contribution in [2.75, 3.05) is 32.7 Å². The third-order valence-corrected chi connectivity index (χ3v) is 4.24. The van der Waals surface area contributed by atoms with Crippen LogP contribution in [0.1, 0.15) is 66.7 Å². The third kappa shape index (κ3) is 12.8. The largest absolute Gasteiger partial charge is 0.444 e. The van der Waals surface area contributed by atoms with Gasteiger partial charge in [0, 0.05) is 32.6 Å². The highest BCUT2D eigenvalue weighted by Gasteiger charge is 2.20. The van der Waals surface area contributed by atoms with E-state index < -0.39 is 11.7 Å². The maximum atomic E-state index is 12.0. The van der Waals surface area contributed by atoms with Gasteiger partial charge >= 0.3 is 6.09 Å². The number of hydrogen-bond acceptors (Lipinski definition) is 4. The Labute approximate surface area is 193 Å². The minimum atomic E-state index is -0.517. The average Bonchev–Trinajstić information content (AvgIpc) is 2.99. The van der Waals surface area contributed by atoms with E-state index in [1.807, 2.05) is 32.6 Å². The van der Waals surface area contributed by atoms with Gasteiger partial charge in [0.15, 0.2) is 5.96 Å². The van der Waals surface area contributed by atoms with E-state index in [2.05, 4.69) is 27.9 Å². The lowest BCUT2D eigenvalue weighted by Crippen LogP contribution is -2.43. The van der Waals surface area contributed by atoms with Crippen molar-refractivity contribution in [2.45, 2.75) is 78.4 Å². The lowest BCUT2D eigenvalue weighted by Gasteiger charge is -2.23. The number of rotatable bonds is 10. The van der Waals surface area contributed by atoms with Crippen molar-refractivity contribution >= 4 is 41.9 Å². The van der Waals surface area contributed by atoms with Crippen molar-refractivity contribution in [2.24, 2.45) is 4.99 Å². The Morgan fingerprint density at radius 1 is 1.28 bits per heavy atom. The fourth-order valence-corrected chi connectivity index (χ4v) is 2.99. The summed E-state index contributed by atoms with van der Waals surface area (Å²) in [6.07, 6.45) is 3.91. The number of nitrogens with one attached hydrogen (secondary N) is 3. The highest BCUT2D eigenvalue weighted by Crippen LogP contribution is 2.09. The zero-order valence-corrected chi connectivity index (χ0v) is 21.0. The van der Waals surface area contributed by atoms with E-state index in [1.165, 1.54) is 0 Å². The molecule has 9 heteroatoms. The fraction of sp³-hybridized carbons (Fsp3) is 0.850. The topological polar surface area (TPSA) is 95.1 Å². The summed E-state index contributed by atoms with van der Waals surface area (Å²) in [7, 11) is 0. The molecule has 1 unspecified atom stereocenters. The van der Waals surface area contributed by atoms with Crippen molar-refractivity contribution < 1.29 is 14.3 Å². The summed E-state index contributed by atoms with van der Waals surface area (Å²) < 4.78 is 5.34. The molecular formula is C20H40IN5O3. The Balaban J connectivity index is 0.00000784. The molecule has 0 radical (unpaired) electrons. The first-order valence-electron chi connectivity index (χ1n) is 10.5. The van der Waals surface area contributed by atoms with Gasteiger partial charge in [-0.2, -0.15) is 0 Å². The van der Waals surface area contributed by atoms with Crippen molar-refractivity contribution in [3.05, 3.63) is 0 Å². The normalized spacial score (nSPS) is 15.6. The minimum Gasteiger partial charge on any atom is -0.444 e. The third-order valence-electron chi connectivity index (χ3n) is 4.24. The summed E-state index contributed by atoms with van der Waals surface area (Å²) in [6.45, 7) is 13.3. The predicted molar refractivity (Wildman–Crippen MR) is 128 cm³/mol. The van der Waals surface area contributed by atoms with Crippen LogP contribution in [-0.4, -0.2) is 67.2 Å². The van der Waals surface area contributed by atoms with Crippen molar-refractivity contribution in [1.82, 2.24) is 20.9 Å². The minimum absolute atomic E-state index is 0. The number of hydrogen-bond donors (Lipinski definition) is 3. The number of halogens is 1. The summed E-state index contributed by atoms with van der Waals surface area (Å²) in [6, 6.07) is -0.0717. The van der Waals surface area contributed by atoms with Crippen LogP contribution in [-0.2, 0) is 9.53 Å². The average molecular weight is 525 g/mol. The number of aliphatic imine (C=N–C) groups is 1. The van der Waals surface area contributed by atoms with Gasteiger partial charge < -0.3 is 25.6 Å². The monoisotopic (exact) mass is 525 g/mol. The molecule has 3 N–H and O–H groups in total. The van der Waals surface area contributed by atoms with Gasteiger partial charge in [-0.1, -0.05) is 13.3 Å². The second-order valence-corrected chi connectivity index (χ2v) is 8.12. The Bertz CT molecular complexity index is 523. The second-order valence-electron chi connectivity index (χ2n) is 8.12. The molecule has 1 fully saturated rings. The van der Waals surface area contributed by atoms with E-state index in [-0.39, 0.29) is 35.9 Å². The quantitative estimate of drug-likeness (QED) is 0.177. The first-order chi connectivity index (χ1) is 13.2. The lowest BCUT2D eigenvalue weighted by atomic mass is 10.1. The molecule has 1 rings (SSSR count). The van der Waals surface area contributed by atoms with Crippen LogP contribution in [0, 0.1) is 0 Å². The first-order valence-corrected chi connectivity index (χ1v) is 10.5.